The summed E-state index contributed by atoms with van der Waals surface area (Å²) in [7, 11) is 1.55. The van der Waals surface area contributed by atoms with Crippen LogP contribution in [0.2, 0.25) is 5.02 Å². The molecule has 3 aromatic rings. The van der Waals surface area contributed by atoms with E-state index in [1.165, 1.54) is 11.3 Å². The number of para-hydroxylation sites is 2. The van der Waals surface area contributed by atoms with Gasteiger partial charge in [-0.3, -0.25) is 14.5 Å². The van der Waals surface area contributed by atoms with Crippen molar-refractivity contribution in [1.29, 1.82) is 0 Å². The van der Waals surface area contributed by atoms with Gasteiger partial charge in [0.25, 0.3) is 5.91 Å². The van der Waals surface area contributed by atoms with E-state index in [-0.39, 0.29) is 18.2 Å². The van der Waals surface area contributed by atoms with Gasteiger partial charge in [-0.05, 0) is 47.8 Å². The third-order valence-electron chi connectivity index (χ3n) is 4.78. The number of anilines is 2. The highest BCUT2D eigenvalue weighted by Crippen LogP contribution is 2.47. The molecular formula is C21H17ClN2O3S. The molecule has 1 aromatic heterocycles. The minimum Gasteiger partial charge on any atom is -0.495 e. The molecule has 28 heavy (non-hydrogen) atoms. The molecule has 0 saturated carbocycles. The van der Waals surface area contributed by atoms with Gasteiger partial charge in [0.05, 0.1) is 19.2 Å². The van der Waals surface area contributed by atoms with E-state index in [2.05, 4.69) is 5.32 Å². The Bertz CT molecular complexity index is 1020. The molecule has 0 unspecified atom stereocenters. The van der Waals surface area contributed by atoms with Gasteiger partial charge in [0.2, 0.25) is 5.91 Å². The maximum atomic E-state index is 13.5. The molecule has 1 saturated heterocycles. The summed E-state index contributed by atoms with van der Waals surface area (Å²) >= 11 is 7.44. The van der Waals surface area contributed by atoms with Crippen LogP contribution in [0, 0.1) is 0 Å². The number of thiophene rings is 1. The molecule has 1 fully saturated rings. The Hall–Kier alpha value is -2.83. The Balaban J connectivity index is 1.76. The Morgan fingerprint density at radius 2 is 1.89 bits per heavy atom. The van der Waals surface area contributed by atoms with E-state index in [1.54, 1.807) is 48.4 Å². The number of halogens is 1. The summed E-state index contributed by atoms with van der Waals surface area (Å²) in [5, 5.41) is 5.41. The van der Waals surface area contributed by atoms with Crippen LogP contribution in [0.1, 0.15) is 11.3 Å². The molecule has 2 aromatic carbocycles. The maximum Gasteiger partial charge on any atom is 0.256 e. The summed E-state index contributed by atoms with van der Waals surface area (Å²) in [4.78, 5) is 28.4. The van der Waals surface area contributed by atoms with Gasteiger partial charge in [-0.25, -0.2) is 0 Å². The molecule has 2 heterocycles. The van der Waals surface area contributed by atoms with Crippen LogP contribution in [0.25, 0.3) is 0 Å². The second-order valence-electron chi connectivity index (χ2n) is 6.37. The van der Waals surface area contributed by atoms with Crippen LogP contribution in [0.3, 0.4) is 0 Å². The molecule has 1 aliphatic heterocycles. The number of hydrogen-bond acceptors (Lipinski definition) is 4. The normalized spacial score (nSPS) is 18.5. The standard InChI is InChI=1S/C21H17ClN2O3S/c1-27-17-6-3-2-5-16(17)23-20(26)21(18-7-4-12-28-18)13-19(25)24(21)15-10-8-14(22)9-11-15/h2-12H,13H2,1H3,(H,23,26)/t21-/m1/s1. The third kappa shape index (κ3) is 2.95. The molecule has 0 radical (unpaired) electrons. The van der Waals surface area contributed by atoms with Crippen molar-refractivity contribution in [2.24, 2.45) is 0 Å². The molecule has 0 bridgehead atoms. The van der Waals surface area contributed by atoms with Crippen molar-refractivity contribution >= 4 is 46.1 Å². The Kier molecular flexibility index (Phi) is 4.83. The van der Waals surface area contributed by atoms with Crippen molar-refractivity contribution in [2.75, 3.05) is 17.3 Å². The van der Waals surface area contributed by atoms with Gasteiger partial charge in [-0.1, -0.05) is 29.8 Å². The fourth-order valence-corrected chi connectivity index (χ4v) is 4.47. The van der Waals surface area contributed by atoms with E-state index in [0.29, 0.717) is 22.1 Å². The van der Waals surface area contributed by atoms with Crippen LogP contribution in [0.4, 0.5) is 11.4 Å². The quantitative estimate of drug-likeness (QED) is 0.619. The fraction of sp³-hybridized carbons (Fsp3) is 0.143. The monoisotopic (exact) mass is 412 g/mol. The van der Waals surface area contributed by atoms with Crippen LogP contribution in [-0.4, -0.2) is 18.9 Å². The Morgan fingerprint density at radius 3 is 2.54 bits per heavy atom. The number of β-lactam (4-membered cyclic amide) rings is 1. The highest BCUT2D eigenvalue weighted by atomic mass is 35.5. The molecule has 0 aliphatic carbocycles. The third-order valence-corrected chi connectivity index (χ3v) is 6.06. The minimum absolute atomic E-state index is 0.0944. The minimum atomic E-state index is -1.11. The number of hydrogen-bond donors (Lipinski definition) is 1. The van der Waals surface area contributed by atoms with E-state index < -0.39 is 5.54 Å². The Morgan fingerprint density at radius 1 is 1.14 bits per heavy atom. The van der Waals surface area contributed by atoms with Crippen molar-refractivity contribution in [1.82, 2.24) is 0 Å². The second kappa shape index (κ2) is 7.30. The van der Waals surface area contributed by atoms with E-state index >= 15 is 0 Å². The zero-order valence-corrected chi connectivity index (χ0v) is 16.6. The first-order chi connectivity index (χ1) is 13.6. The second-order valence-corrected chi connectivity index (χ2v) is 7.76. The van der Waals surface area contributed by atoms with Gasteiger partial charge >= 0.3 is 0 Å². The van der Waals surface area contributed by atoms with Gasteiger partial charge < -0.3 is 10.1 Å². The predicted octanol–water partition coefficient (Wildman–Crippen LogP) is 4.68. The lowest BCUT2D eigenvalue weighted by Crippen LogP contribution is -2.67. The predicted molar refractivity (Wildman–Crippen MR) is 111 cm³/mol. The lowest BCUT2D eigenvalue weighted by molar-refractivity contribution is -0.137. The highest BCUT2D eigenvalue weighted by molar-refractivity contribution is 7.10. The topological polar surface area (TPSA) is 58.6 Å². The number of nitrogens with zero attached hydrogens (tertiary/aromatic N) is 1. The number of ether oxygens (including phenoxy) is 1. The number of carbonyl (C=O) groups is 2. The van der Waals surface area contributed by atoms with Crippen LogP contribution < -0.4 is 15.0 Å². The number of methoxy groups -OCH3 is 1. The Labute approximate surface area is 171 Å². The van der Waals surface area contributed by atoms with E-state index in [4.69, 9.17) is 16.3 Å². The van der Waals surface area contributed by atoms with Gasteiger partial charge in [-0.15, -0.1) is 11.3 Å². The molecule has 0 spiro atoms. The zero-order chi connectivity index (χ0) is 19.7. The summed E-state index contributed by atoms with van der Waals surface area (Å²) in [5.74, 6) is 0.153. The van der Waals surface area contributed by atoms with E-state index in [9.17, 15) is 9.59 Å². The number of carbonyl (C=O) groups excluding carboxylic acids is 2. The largest absolute Gasteiger partial charge is 0.495 e. The number of rotatable bonds is 5. The average Bonchev–Trinajstić information content (AvgIpc) is 3.22. The summed E-state index contributed by atoms with van der Waals surface area (Å²) < 4.78 is 5.34. The molecule has 4 rings (SSSR count). The van der Waals surface area contributed by atoms with Crippen molar-refractivity contribution < 1.29 is 14.3 Å². The zero-order valence-electron chi connectivity index (χ0n) is 15.0. The molecule has 5 nitrogen and oxygen atoms in total. The number of benzene rings is 2. The fourth-order valence-electron chi connectivity index (χ4n) is 3.43. The van der Waals surface area contributed by atoms with Crippen molar-refractivity contribution in [3.63, 3.8) is 0 Å². The molecule has 142 valence electrons. The summed E-state index contributed by atoms with van der Waals surface area (Å²) in [6, 6.07) is 17.9. The average molecular weight is 413 g/mol. The van der Waals surface area contributed by atoms with Crippen LogP contribution >= 0.6 is 22.9 Å². The summed E-state index contributed by atoms with van der Waals surface area (Å²) in [6.07, 6.45) is 0.0944. The SMILES string of the molecule is COc1ccccc1NC(=O)[C@]1(c2cccs2)CC(=O)N1c1ccc(Cl)cc1. The molecule has 1 N–H and O–H groups in total. The van der Waals surface area contributed by atoms with Crippen molar-refractivity contribution in [3.8, 4) is 5.75 Å². The highest BCUT2D eigenvalue weighted by Gasteiger charge is 2.59. The molecule has 7 heteroatoms. The maximum absolute atomic E-state index is 13.5. The van der Waals surface area contributed by atoms with Crippen molar-refractivity contribution in [2.45, 2.75) is 12.0 Å². The molecule has 1 atom stereocenters. The van der Waals surface area contributed by atoms with Crippen LogP contribution in [-0.2, 0) is 15.1 Å². The first-order valence-corrected chi connectivity index (χ1v) is 9.89. The van der Waals surface area contributed by atoms with E-state index in [0.717, 1.165) is 4.88 Å². The van der Waals surface area contributed by atoms with E-state index in [1.807, 2.05) is 29.6 Å². The van der Waals surface area contributed by atoms with Gasteiger partial charge in [0.15, 0.2) is 5.54 Å². The summed E-state index contributed by atoms with van der Waals surface area (Å²) in [6.45, 7) is 0. The van der Waals surface area contributed by atoms with Gasteiger partial charge in [0, 0.05) is 15.6 Å². The first-order valence-electron chi connectivity index (χ1n) is 8.63. The van der Waals surface area contributed by atoms with Crippen molar-refractivity contribution in [3.05, 3.63) is 75.9 Å². The number of nitrogens with one attached hydrogen (secondary N) is 1. The summed E-state index contributed by atoms with van der Waals surface area (Å²) in [5.41, 5.74) is 0.0745. The lowest BCUT2D eigenvalue weighted by atomic mass is 9.80. The van der Waals surface area contributed by atoms with Gasteiger partial charge in [-0.2, -0.15) is 0 Å². The molecular weight excluding hydrogens is 396 g/mol. The first kappa shape index (κ1) is 18.5. The van der Waals surface area contributed by atoms with Crippen LogP contribution in [0.15, 0.2) is 66.0 Å². The van der Waals surface area contributed by atoms with Gasteiger partial charge in [0.1, 0.15) is 5.75 Å². The smallest absolute Gasteiger partial charge is 0.256 e. The number of amides is 2. The molecule has 2 amide bonds. The lowest BCUT2D eigenvalue weighted by Gasteiger charge is -2.49. The van der Waals surface area contributed by atoms with Crippen LogP contribution in [0.5, 0.6) is 5.75 Å². The molecule has 1 aliphatic rings.